The quantitative estimate of drug-likeness (QED) is 0.258. The van der Waals surface area contributed by atoms with Gasteiger partial charge in [-0.3, -0.25) is 0 Å². The van der Waals surface area contributed by atoms with Crippen molar-refractivity contribution >= 4 is 48.4 Å². The molecule has 14 nitrogen and oxygen atoms in total. The first-order valence-electron chi connectivity index (χ1n) is 4.12. The van der Waals surface area contributed by atoms with Crippen molar-refractivity contribution in [1.82, 2.24) is 0 Å². The number of rotatable bonds is 0. The largest absolute Gasteiger partial charge is 0.473 e. The van der Waals surface area contributed by atoms with Gasteiger partial charge in [-0.15, -0.1) is 0 Å². The Morgan fingerprint density at radius 1 is 0.792 bits per heavy atom. The molecule has 150 valence electrons. The van der Waals surface area contributed by atoms with E-state index in [1.54, 1.807) is 6.26 Å². The number of carbonyl (C=O) groups is 2. The van der Waals surface area contributed by atoms with Crippen LogP contribution in [0.15, 0.2) is 0 Å². The molecule has 0 aromatic rings. The molecular formula is C8H22O14S2. The van der Waals surface area contributed by atoms with Crippen LogP contribution < -0.4 is 0 Å². The lowest BCUT2D eigenvalue weighted by molar-refractivity contribution is -0.193. The Morgan fingerprint density at radius 3 is 0.833 bits per heavy atom. The van der Waals surface area contributed by atoms with Gasteiger partial charge in [0.15, 0.2) is 0 Å². The SMILES string of the molecule is CCC.CS.O.O.O.O.O=C(O)C(=O)O.O=C=O.O=C=O.O=S=O. The molecule has 0 aliphatic heterocycles. The predicted octanol–water partition coefficient (Wildman–Crippen LogP) is -4.02. The zero-order chi connectivity index (χ0) is 18.0. The minimum atomic E-state index is -1.82. The molecule has 0 saturated heterocycles. The molecule has 0 amide bonds. The maximum Gasteiger partial charge on any atom is 0.414 e. The number of thiol groups is 1. The van der Waals surface area contributed by atoms with Gasteiger partial charge >= 0.3 is 35.8 Å². The summed E-state index contributed by atoms with van der Waals surface area (Å²) in [6.45, 7) is 4.25. The van der Waals surface area contributed by atoms with Gasteiger partial charge in [-0.1, -0.05) is 20.3 Å². The Balaban J connectivity index is -0.0000000123. The van der Waals surface area contributed by atoms with Crippen LogP contribution in [0.2, 0.25) is 0 Å². The van der Waals surface area contributed by atoms with Crippen LogP contribution in [0.1, 0.15) is 20.3 Å². The number of carboxylic acid groups (broad SMARTS) is 2. The Morgan fingerprint density at radius 2 is 0.833 bits per heavy atom. The third-order valence-corrected chi connectivity index (χ3v) is 0.183. The second-order valence-electron chi connectivity index (χ2n) is 1.55. The van der Waals surface area contributed by atoms with Gasteiger partial charge in [0.1, 0.15) is 0 Å². The van der Waals surface area contributed by atoms with Crippen LogP contribution in [0.5, 0.6) is 0 Å². The van der Waals surface area contributed by atoms with Crippen LogP contribution in [0.4, 0.5) is 0 Å². The summed E-state index contributed by atoms with van der Waals surface area (Å²) < 4.78 is 16.6. The molecule has 24 heavy (non-hydrogen) atoms. The fourth-order valence-electron chi connectivity index (χ4n) is 0. The third-order valence-electron chi connectivity index (χ3n) is 0.183. The highest BCUT2D eigenvalue weighted by molar-refractivity contribution is 7.79. The normalized spacial score (nSPS) is 4.00. The van der Waals surface area contributed by atoms with E-state index in [1.165, 1.54) is 6.42 Å². The first-order valence-corrected chi connectivity index (χ1v) is 5.68. The van der Waals surface area contributed by atoms with E-state index in [0.29, 0.717) is 0 Å². The van der Waals surface area contributed by atoms with Gasteiger partial charge in [-0.05, 0) is 6.26 Å². The monoisotopic (exact) mass is 406 g/mol. The summed E-state index contributed by atoms with van der Waals surface area (Å²) in [7, 11) is 0. The summed E-state index contributed by atoms with van der Waals surface area (Å²) in [5.41, 5.74) is 0. The van der Waals surface area contributed by atoms with Crippen molar-refractivity contribution in [2.45, 2.75) is 20.3 Å². The van der Waals surface area contributed by atoms with Crippen molar-refractivity contribution < 1.29 is 69.3 Å². The van der Waals surface area contributed by atoms with Gasteiger partial charge in [-0.25, -0.2) is 9.59 Å². The van der Waals surface area contributed by atoms with Crippen LogP contribution in [0.3, 0.4) is 0 Å². The van der Waals surface area contributed by atoms with Gasteiger partial charge in [0.2, 0.25) is 0 Å². The second-order valence-corrected chi connectivity index (χ2v) is 1.69. The molecule has 0 unspecified atom stereocenters. The lowest BCUT2D eigenvalue weighted by atomic mass is 10.6. The molecule has 0 rings (SSSR count). The third kappa shape index (κ3) is 2360. The van der Waals surface area contributed by atoms with E-state index in [4.69, 9.17) is 47.4 Å². The molecule has 16 heteroatoms. The average Bonchev–Trinajstić information content (AvgIpc) is 2.35. The Bertz CT molecular complexity index is 259. The molecule has 0 aliphatic carbocycles. The molecule has 0 fully saturated rings. The van der Waals surface area contributed by atoms with E-state index in [0.717, 1.165) is 0 Å². The molecule has 0 atom stereocenters. The molecule has 0 saturated carbocycles. The number of aliphatic carboxylic acids is 2. The Kier molecular flexibility index (Phi) is 383. The van der Waals surface area contributed by atoms with E-state index in [2.05, 4.69) is 26.5 Å². The second kappa shape index (κ2) is 135. The summed E-state index contributed by atoms with van der Waals surface area (Å²) in [5.74, 6) is -3.65. The summed E-state index contributed by atoms with van der Waals surface area (Å²) in [4.78, 5) is 50.7. The summed E-state index contributed by atoms with van der Waals surface area (Å²) in [5, 5.41) is 14.8. The predicted molar refractivity (Wildman–Crippen MR) is 79.5 cm³/mol. The molecule has 0 radical (unpaired) electrons. The lowest BCUT2D eigenvalue weighted by Crippen LogP contribution is -2.09. The van der Waals surface area contributed by atoms with E-state index in [1.807, 2.05) is 0 Å². The van der Waals surface area contributed by atoms with Crippen molar-refractivity contribution in [1.29, 1.82) is 0 Å². The first-order chi connectivity index (χ1) is 9.30. The first kappa shape index (κ1) is 67.9. The smallest absolute Gasteiger partial charge is 0.414 e. The van der Waals surface area contributed by atoms with Gasteiger partial charge in [0.25, 0.3) is 0 Å². The maximum atomic E-state index is 9.10. The Hall–Kier alpha value is -2.29. The highest BCUT2D eigenvalue weighted by atomic mass is 32.1. The lowest BCUT2D eigenvalue weighted by Gasteiger charge is -1.72. The molecule has 0 spiro atoms. The van der Waals surface area contributed by atoms with Crippen molar-refractivity contribution in [3.05, 3.63) is 0 Å². The number of hydrogen-bond donors (Lipinski definition) is 3. The zero-order valence-electron chi connectivity index (χ0n) is 12.7. The molecule has 0 aliphatic rings. The fourth-order valence-corrected chi connectivity index (χ4v) is 0. The topological polar surface area (TPSA) is 303 Å². The minimum Gasteiger partial charge on any atom is -0.473 e. The van der Waals surface area contributed by atoms with Crippen LogP contribution in [-0.4, -0.2) is 71.0 Å². The molecular weight excluding hydrogens is 384 g/mol. The number of carbonyl (C=O) groups excluding carboxylic acids is 4. The van der Waals surface area contributed by atoms with E-state index < -0.39 is 23.5 Å². The summed E-state index contributed by atoms with van der Waals surface area (Å²) in [6.07, 6.45) is 3.44. The average molecular weight is 406 g/mol. The number of carboxylic acids is 2. The van der Waals surface area contributed by atoms with E-state index in [9.17, 15) is 0 Å². The van der Waals surface area contributed by atoms with Crippen molar-refractivity contribution in [3.63, 3.8) is 0 Å². The number of hydrogen-bond acceptors (Lipinski definition) is 9. The molecule has 10 N–H and O–H groups in total. The molecule has 0 bridgehead atoms. The Labute approximate surface area is 145 Å². The van der Waals surface area contributed by atoms with Crippen LogP contribution >= 0.6 is 12.6 Å². The summed E-state index contributed by atoms with van der Waals surface area (Å²) in [6, 6.07) is 0. The zero-order valence-corrected chi connectivity index (χ0v) is 14.4. The highest BCUT2D eigenvalue weighted by Crippen LogP contribution is 1.56. The standard InChI is InChI=1S/C3H8.C2H2O4.2CO2.CH4S.O2S.4H2O/c1-3-2;3-1(4)2(5)6;2*2-1-3;1-2;1-3-2;;;;/h3H2,1-2H3;(H,3,4)(H,5,6);;;2H,1H3;;4*1H2. The maximum absolute atomic E-state index is 9.10. The van der Waals surface area contributed by atoms with Crippen molar-refractivity contribution in [3.8, 4) is 0 Å². The van der Waals surface area contributed by atoms with Gasteiger partial charge in [0.05, 0.1) is 0 Å². The molecule has 0 aromatic heterocycles. The van der Waals surface area contributed by atoms with Crippen LogP contribution in [0.25, 0.3) is 0 Å². The summed E-state index contributed by atoms with van der Waals surface area (Å²) >= 11 is 2.78. The van der Waals surface area contributed by atoms with Gasteiger partial charge < -0.3 is 32.1 Å². The highest BCUT2D eigenvalue weighted by Gasteiger charge is 2.04. The molecule has 0 heterocycles. The van der Waals surface area contributed by atoms with Crippen molar-refractivity contribution in [2.24, 2.45) is 0 Å². The van der Waals surface area contributed by atoms with Gasteiger partial charge in [-0.2, -0.15) is 40.2 Å². The van der Waals surface area contributed by atoms with Gasteiger partial charge in [0, 0.05) is 0 Å². The van der Waals surface area contributed by atoms with Crippen LogP contribution in [-0.2, 0) is 40.3 Å². The van der Waals surface area contributed by atoms with Crippen molar-refractivity contribution in [2.75, 3.05) is 6.26 Å². The fraction of sp³-hybridized carbons (Fsp3) is 0.500. The van der Waals surface area contributed by atoms with E-state index in [-0.39, 0.29) is 34.2 Å². The molecule has 0 aromatic carbocycles. The van der Waals surface area contributed by atoms with E-state index >= 15 is 0 Å². The van der Waals surface area contributed by atoms with Crippen LogP contribution in [0, 0.1) is 0 Å². The minimum absolute atomic E-state index is 0.